The third kappa shape index (κ3) is 4.36. The number of aliphatic hydroxyl groups excluding tert-OH is 1. The van der Waals surface area contributed by atoms with Crippen LogP contribution in [-0.4, -0.2) is 34.3 Å². The molecule has 0 bridgehead atoms. The molecule has 0 radical (unpaired) electrons. The van der Waals surface area contributed by atoms with E-state index >= 15 is 0 Å². The predicted molar refractivity (Wildman–Crippen MR) is 90.1 cm³/mol. The highest BCUT2D eigenvalue weighted by atomic mass is 16.5. The molecule has 7 heteroatoms. The average molecular weight is 345 g/mol. The van der Waals surface area contributed by atoms with Gasteiger partial charge >= 0.3 is 0 Å². The highest BCUT2D eigenvalue weighted by Crippen LogP contribution is 2.36. The Hall–Kier alpha value is -2.41. The third-order valence-corrected chi connectivity index (χ3v) is 4.66. The molecule has 0 saturated heterocycles. The predicted octanol–water partition coefficient (Wildman–Crippen LogP) is 2.24. The van der Waals surface area contributed by atoms with Crippen molar-refractivity contribution in [3.8, 4) is 5.75 Å². The molecule has 1 heterocycles. The largest absolute Gasteiger partial charge is 0.485 e. The maximum Gasteiger partial charge on any atom is 0.251 e. The van der Waals surface area contributed by atoms with E-state index in [-0.39, 0.29) is 24.5 Å². The van der Waals surface area contributed by atoms with Crippen LogP contribution in [0.4, 0.5) is 0 Å². The Morgan fingerprint density at radius 2 is 2.20 bits per heavy atom. The van der Waals surface area contributed by atoms with Crippen molar-refractivity contribution < 1.29 is 19.2 Å². The van der Waals surface area contributed by atoms with E-state index in [9.17, 15) is 9.90 Å². The Balaban J connectivity index is 1.57. The molecule has 1 fully saturated rings. The molecule has 7 nitrogen and oxygen atoms in total. The number of aliphatic hydroxyl groups is 1. The van der Waals surface area contributed by atoms with Crippen LogP contribution < -0.4 is 10.1 Å². The van der Waals surface area contributed by atoms with E-state index in [2.05, 4.69) is 15.5 Å². The SMILES string of the molecule is Cc1nc(COc2cccc(C(=O)NCC3(CO)CCCC3)c2)no1. The Bertz CT molecular complexity index is 723. The van der Waals surface area contributed by atoms with E-state index in [0.717, 1.165) is 25.7 Å². The second-order valence-electron chi connectivity index (χ2n) is 6.59. The van der Waals surface area contributed by atoms with Crippen molar-refractivity contribution in [1.29, 1.82) is 0 Å². The van der Waals surface area contributed by atoms with Gasteiger partial charge in [0.2, 0.25) is 11.7 Å². The lowest BCUT2D eigenvalue weighted by Crippen LogP contribution is -2.38. The number of aryl methyl sites for hydroxylation is 1. The fourth-order valence-corrected chi connectivity index (χ4v) is 3.16. The summed E-state index contributed by atoms with van der Waals surface area (Å²) in [6.07, 6.45) is 4.12. The van der Waals surface area contributed by atoms with Crippen LogP contribution in [0.1, 0.15) is 47.8 Å². The van der Waals surface area contributed by atoms with Crippen LogP contribution in [0.15, 0.2) is 28.8 Å². The molecule has 0 atom stereocenters. The summed E-state index contributed by atoms with van der Waals surface area (Å²) in [5.74, 6) is 1.34. The van der Waals surface area contributed by atoms with Gasteiger partial charge in [0.05, 0.1) is 6.61 Å². The fourth-order valence-electron chi connectivity index (χ4n) is 3.16. The molecule has 0 aliphatic heterocycles. The fraction of sp³-hybridized carbons (Fsp3) is 0.500. The van der Waals surface area contributed by atoms with Gasteiger partial charge in [0.15, 0.2) is 6.61 Å². The lowest BCUT2D eigenvalue weighted by molar-refractivity contribution is 0.0880. The number of hydrogen-bond donors (Lipinski definition) is 2. The molecule has 2 N–H and O–H groups in total. The number of benzene rings is 1. The lowest BCUT2D eigenvalue weighted by atomic mass is 9.87. The first kappa shape index (κ1) is 17.4. The number of rotatable bonds is 7. The molecular formula is C18H23N3O4. The Kier molecular flexibility index (Phi) is 5.33. The van der Waals surface area contributed by atoms with E-state index < -0.39 is 0 Å². The van der Waals surface area contributed by atoms with Crippen molar-refractivity contribution in [3.63, 3.8) is 0 Å². The summed E-state index contributed by atoms with van der Waals surface area (Å²) >= 11 is 0. The van der Waals surface area contributed by atoms with Gasteiger partial charge in [-0.3, -0.25) is 4.79 Å². The molecule has 1 amide bonds. The molecule has 2 aromatic rings. The van der Waals surface area contributed by atoms with Gasteiger partial charge in [-0.15, -0.1) is 0 Å². The van der Waals surface area contributed by atoms with E-state index in [1.807, 2.05) is 0 Å². The molecule has 3 rings (SSSR count). The zero-order valence-electron chi connectivity index (χ0n) is 14.3. The number of hydrogen-bond acceptors (Lipinski definition) is 6. The summed E-state index contributed by atoms with van der Waals surface area (Å²) in [6.45, 7) is 2.50. The Labute approximate surface area is 146 Å². The first-order valence-corrected chi connectivity index (χ1v) is 8.51. The van der Waals surface area contributed by atoms with Crippen LogP contribution in [0.25, 0.3) is 0 Å². The summed E-state index contributed by atoms with van der Waals surface area (Å²) < 4.78 is 10.5. The van der Waals surface area contributed by atoms with Crippen LogP contribution in [0, 0.1) is 12.3 Å². The maximum absolute atomic E-state index is 12.4. The summed E-state index contributed by atoms with van der Waals surface area (Å²) in [4.78, 5) is 16.5. The van der Waals surface area contributed by atoms with Gasteiger partial charge in [-0.25, -0.2) is 0 Å². The first-order valence-electron chi connectivity index (χ1n) is 8.51. The Morgan fingerprint density at radius 3 is 2.88 bits per heavy atom. The van der Waals surface area contributed by atoms with Crippen LogP contribution in [0.2, 0.25) is 0 Å². The normalized spacial score (nSPS) is 15.9. The zero-order valence-corrected chi connectivity index (χ0v) is 14.3. The number of nitrogens with one attached hydrogen (secondary N) is 1. The number of amides is 1. The molecule has 1 aromatic carbocycles. The lowest BCUT2D eigenvalue weighted by Gasteiger charge is -2.26. The monoisotopic (exact) mass is 345 g/mol. The summed E-state index contributed by atoms with van der Waals surface area (Å²) in [5, 5.41) is 16.3. The molecule has 1 aromatic heterocycles. The number of ether oxygens (including phenoxy) is 1. The van der Waals surface area contributed by atoms with Gasteiger partial charge in [0.1, 0.15) is 5.75 Å². The second kappa shape index (κ2) is 7.65. The van der Waals surface area contributed by atoms with Crippen molar-refractivity contribution in [3.05, 3.63) is 41.5 Å². The first-order chi connectivity index (χ1) is 12.1. The van der Waals surface area contributed by atoms with Crippen molar-refractivity contribution in [2.45, 2.75) is 39.2 Å². The minimum Gasteiger partial charge on any atom is -0.485 e. The number of carbonyl (C=O) groups is 1. The van der Waals surface area contributed by atoms with E-state index in [1.165, 1.54) is 0 Å². The van der Waals surface area contributed by atoms with Crippen molar-refractivity contribution in [1.82, 2.24) is 15.5 Å². The summed E-state index contributed by atoms with van der Waals surface area (Å²) in [5.41, 5.74) is 0.355. The average Bonchev–Trinajstić information content (AvgIpc) is 3.28. The molecule has 0 spiro atoms. The number of nitrogens with zero attached hydrogens (tertiary/aromatic N) is 2. The van der Waals surface area contributed by atoms with Crippen LogP contribution in [0.3, 0.4) is 0 Å². The zero-order chi connectivity index (χ0) is 17.7. The number of carbonyl (C=O) groups excluding carboxylic acids is 1. The summed E-state index contributed by atoms with van der Waals surface area (Å²) in [7, 11) is 0. The molecule has 1 saturated carbocycles. The van der Waals surface area contributed by atoms with Gasteiger partial charge in [-0.1, -0.05) is 24.1 Å². The standard InChI is InChI=1S/C18H23N3O4/c1-13-20-16(21-25-13)10-24-15-6-4-5-14(9-15)17(23)19-11-18(12-22)7-2-3-8-18/h4-6,9,22H,2-3,7-8,10-12H2,1H3,(H,19,23). The van der Waals surface area contributed by atoms with E-state index in [4.69, 9.17) is 9.26 Å². The molecule has 0 unspecified atom stereocenters. The minimum atomic E-state index is -0.166. The quantitative estimate of drug-likeness (QED) is 0.799. The molecule has 1 aliphatic carbocycles. The highest BCUT2D eigenvalue weighted by Gasteiger charge is 2.33. The Morgan fingerprint density at radius 1 is 1.40 bits per heavy atom. The number of aromatic nitrogens is 2. The molecular weight excluding hydrogens is 322 g/mol. The van der Waals surface area contributed by atoms with Crippen LogP contribution in [0.5, 0.6) is 5.75 Å². The second-order valence-corrected chi connectivity index (χ2v) is 6.59. The van der Waals surface area contributed by atoms with Crippen molar-refractivity contribution in [2.24, 2.45) is 5.41 Å². The van der Waals surface area contributed by atoms with E-state index in [1.54, 1.807) is 31.2 Å². The van der Waals surface area contributed by atoms with Gasteiger partial charge in [-0.05, 0) is 31.0 Å². The topological polar surface area (TPSA) is 97.5 Å². The van der Waals surface area contributed by atoms with Crippen LogP contribution in [-0.2, 0) is 6.61 Å². The third-order valence-electron chi connectivity index (χ3n) is 4.66. The van der Waals surface area contributed by atoms with Gasteiger partial charge in [0, 0.05) is 24.4 Å². The smallest absolute Gasteiger partial charge is 0.251 e. The van der Waals surface area contributed by atoms with Crippen LogP contribution >= 0.6 is 0 Å². The van der Waals surface area contributed by atoms with Crippen molar-refractivity contribution in [2.75, 3.05) is 13.2 Å². The highest BCUT2D eigenvalue weighted by molar-refractivity contribution is 5.94. The van der Waals surface area contributed by atoms with Gasteiger partial charge in [-0.2, -0.15) is 4.98 Å². The summed E-state index contributed by atoms with van der Waals surface area (Å²) in [6, 6.07) is 6.96. The van der Waals surface area contributed by atoms with Gasteiger partial charge < -0.3 is 19.7 Å². The maximum atomic E-state index is 12.4. The molecule has 1 aliphatic rings. The molecule has 25 heavy (non-hydrogen) atoms. The molecule has 134 valence electrons. The van der Waals surface area contributed by atoms with Crippen molar-refractivity contribution >= 4 is 5.91 Å². The van der Waals surface area contributed by atoms with Gasteiger partial charge in [0.25, 0.3) is 5.91 Å². The van der Waals surface area contributed by atoms with E-state index in [0.29, 0.717) is 29.6 Å². The minimum absolute atomic E-state index is 0.112.